The van der Waals surface area contributed by atoms with Crippen molar-refractivity contribution in [1.29, 1.82) is 0 Å². The molecule has 1 N–H and O–H groups in total. The summed E-state index contributed by atoms with van der Waals surface area (Å²) in [4.78, 5) is 6.09. The van der Waals surface area contributed by atoms with E-state index in [4.69, 9.17) is 0 Å². The lowest BCUT2D eigenvalue weighted by molar-refractivity contribution is -0.0312. The van der Waals surface area contributed by atoms with Crippen molar-refractivity contribution in [3.8, 4) is 0 Å². The van der Waals surface area contributed by atoms with Gasteiger partial charge in [0.25, 0.3) is 0 Å². The maximum absolute atomic E-state index is 13.9. The summed E-state index contributed by atoms with van der Waals surface area (Å²) < 4.78 is 13.9. The largest absolute Gasteiger partial charge is 0.386 e. The molecular weight excluding hydrogens is 243 g/mol. The van der Waals surface area contributed by atoms with E-state index in [0.29, 0.717) is 5.56 Å². The molecule has 1 fully saturated rings. The van der Waals surface area contributed by atoms with Gasteiger partial charge < -0.3 is 5.11 Å². The second-order valence-electron chi connectivity index (χ2n) is 5.30. The predicted octanol–water partition coefficient (Wildman–Crippen LogP) is 2.91. The van der Waals surface area contributed by atoms with Gasteiger partial charge in [-0.25, -0.2) is 4.39 Å². The minimum atomic E-state index is -0.802. The van der Waals surface area contributed by atoms with Crippen LogP contribution in [0.15, 0.2) is 18.5 Å². The Bertz CT molecular complexity index is 414. The monoisotopic (exact) mass is 266 g/mol. The number of nitrogens with zero attached hydrogens (tertiary/aromatic N) is 2. The Hall–Kier alpha value is -1.00. The van der Waals surface area contributed by atoms with E-state index < -0.39 is 11.9 Å². The van der Waals surface area contributed by atoms with Crippen LogP contribution in [0, 0.1) is 5.82 Å². The molecule has 3 nitrogen and oxygen atoms in total. The first-order chi connectivity index (χ1) is 9.15. The number of pyridine rings is 1. The quantitative estimate of drug-likeness (QED) is 0.890. The predicted molar refractivity (Wildman–Crippen MR) is 73.3 cm³/mol. The van der Waals surface area contributed by atoms with Crippen LogP contribution >= 0.6 is 0 Å². The van der Waals surface area contributed by atoms with Crippen LogP contribution in [-0.2, 0) is 0 Å². The third-order valence-electron chi connectivity index (χ3n) is 4.57. The van der Waals surface area contributed by atoms with Gasteiger partial charge in [-0.15, -0.1) is 0 Å². The molecule has 0 amide bonds. The molecule has 19 heavy (non-hydrogen) atoms. The minimum absolute atomic E-state index is 0.362. The number of hydrogen-bond acceptors (Lipinski definition) is 3. The van der Waals surface area contributed by atoms with E-state index >= 15 is 0 Å². The molecule has 0 spiro atoms. The summed E-state index contributed by atoms with van der Waals surface area (Å²) in [7, 11) is 0. The molecule has 0 radical (unpaired) electrons. The molecule has 1 atom stereocenters. The highest BCUT2D eigenvalue weighted by molar-refractivity contribution is 5.20. The summed E-state index contributed by atoms with van der Waals surface area (Å²) in [5.41, 5.74) is 0.00389. The Kier molecular flexibility index (Phi) is 4.53. The zero-order valence-electron chi connectivity index (χ0n) is 11.8. The van der Waals surface area contributed by atoms with Gasteiger partial charge in [0.15, 0.2) is 0 Å². The third-order valence-corrected chi connectivity index (χ3v) is 4.57. The second-order valence-corrected chi connectivity index (χ2v) is 5.30. The van der Waals surface area contributed by atoms with Gasteiger partial charge in [-0.1, -0.05) is 13.8 Å². The molecule has 4 heteroatoms. The van der Waals surface area contributed by atoms with E-state index in [2.05, 4.69) is 23.7 Å². The maximum Gasteiger partial charge on any atom is 0.147 e. The molecule has 1 aromatic heterocycles. The van der Waals surface area contributed by atoms with Crippen molar-refractivity contribution >= 4 is 0 Å². The van der Waals surface area contributed by atoms with Gasteiger partial charge >= 0.3 is 0 Å². The van der Waals surface area contributed by atoms with Crippen molar-refractivity contribution in [2.24, 2.45) is 0 Å². The number of hydrogen-bond donors (Lipinski definition) is 1. The topological polar surface area (TPSA) is 36.4 Å². The molecule has 1 aliphatic rings. The lowest BCUT2D eigenvalue weighted by atomic mass is 9.81. The fraction of sp³-hybridized carbons (Fsp3) is 0.667. The third kappa shape index (κ3) is 2.51. The Labute approximate surface area is 114 Å². The van der Waals surface area contributed by atoms with Crippen molar-refractivity contribution < 1.29 is 9.50 Å². The molecule has 0 bridgehead atoms. The highest BCUT2D eigenvalue weighted by atomic mass is 19.1. The van der Waals surface area contributed by atoms with Gasteiger partial charge in [0.1, 0.15) is 11.9 Å². The number of aliphatic hydroxyl groups excluding tert-OH is 1. The first-order valence-corrected chi connectivity index (χ1v) is 7.18. The Balaban J connectivity index is 2.35. The number of likely N-dealkylation sites (tertiary alicyclic amines) is 1. The molecular formula is C15H23FN2O. The smallest absolute Gasteiger partial charge is 0.147 e. The van der Waals surface area contributed by atoms with E-state index in [9.17, 15) is 9.50 Å². The molecule has 1 aliphatic heterocycles. The first-order valence-electron chi connectivity index (χ1n) is 7.18. The maximum atomic E-state index is 13.9. The van der Waals surface area contributed by atoms with Crippen LogP contribution in [0.4, 0.5) is 4.39 Å². The highest BCUT2D eigenvalue weighted by Crippen LogP contribution is 2.39. The molecule has 1 saturated heterocycles. The zero-order chi connectivity index (χ0) is 13.9. The average Bonchev–Trinajstić information content (AvgIpc) is 2.96. The Morgan fingerprint density at radius 3 is 2.53 bits per heavy atom. The van der Waals surface area contributed by atoms with Crippen LogP contribution in [0.1, 0.15) is 51.2 Å². The van der Waals surface area contributed by atoms with Crippen LogP contribution in [0.3, 0.4) is 0 Å². The molecule has 0 aromatic carbocycles. The first kappa shape index (κ1) is 14.4. The summed E-state index contributed by atoms with van der Waals surface area (Å²) in [5, 5.41) is 10.8. The normalized spacial score (nSPS) is 18.7. The molecule has 106 valence electrons. The van der Waals surface area contributed by atoms with E-state index in [0.717, 1.165) is 38.8 Å². The SMILES string of the molecule is CCC(CC)(C(O)c1ccncc1F)N1CCCC1. The van der Waals surface area contributed by atoms with Crippen LogP contribution in [0.2, 0.25) is 0 Å². The van der Waals surface area contributed by atoms with Crippen LogP contribution < -0.4 is 0 Å². The van der Waals surface area contributed by atoms with E-state index in [1.54, 1.807) is 12.3 Å². The summed E-state index contributed by atoms with van der Waals surface area (Å²) >= 11 is 0. The van der Waals surface area contributed by atoms with Gasteiger partial charge in [-0.3, -0.25) is 9.88 Å². The fourth-order valence-corrected chi connectivity index (χ4v) is 3.32. The molecule has 2 heterocycles. The molecule has 2 rings (SSSR count). The van der Waals surface area contributed by atoms with Gasteiger partial charge in [0, 0.05) is 11.8 Å². The highest BCUT2D eigenvalue weighted by Gasteiger charge is 2.42. The molecule has 1 aromatic rings. The lowest BCUT2D eigenvalue weighted by Gasteiger charge is -2.44. The average molecular weight is 266 g/mol. The standard InChI is InChI=1S/C15H23FN2O/c1-3-15(4-2,18-9-5-6-10-18)14(19)12-7-8-17-11-13(12)16/h7-8,11,14,19H,3-6,9-10H2,1-2H3. The molecule has 0 saturated carbocycles. The number of aliphatic hydroxyl groups is 1. The second kappa shape index (κ2) is 5.97. The van der Waals surface area contributed by atoms with Crippen molar-refractivity contribution in [2.75, 3.05) is 13.1 Å². The minimum Gasteiger partial charge on any atom is -0.386 e. The van der Waals surface area contributed by atoms with Gasteiger partial charge in [0.05, 0.1) is 11.7 Å². The zero-order valence-corrected chi connectivity index (χ0v) is 11.8. The Morgan fingerprint density at radius 1 is 1.37 bits per heavy atom. The van der Waals surface area contributed by atoms with Crippen molar-refractivity contribution in [3.63, 3.8) is 0 Å². The van der Waals surface area contributed by atoms with Gasteiger partial charge in [-0.2, -0.15) is 0 Å². The van der Waals surface area contributed by atoms with E-state index in [1.807, 2.05) is 0 Å². The van der Waals surface area contributed by atoms with Crippen molar-refractivity contribution in [2.45, 2.75) is 51.2 Å². The molecule has 0 aliphatic carbocycles. The van der Waals surface area contributed by atoms with Crippen molar-refractivity contribution in [3.05, 3.63) is 29.8 Å². The fourth-order valence-electron chi connectivity index (χ4n) is 3.32. The molecule has 1 unspecified atom stereocenters. The summed E-state index contributed by atoms with van der Waals surface area (Å²) in [5.74, 6) is -0.416. The van der Waals surface area contributed by atoms with E-state index in [-0.39, 0.29) is 5.54 Å². The van der Waals surface area contributed by atoms with Crippen LogP contribution in [-0.4, -0.2) is 33.6 Å². The van der Waals surface area contributed by atoms with E-state index in [1.165, 1.54) is 6.20 Å². The van der Waals surface area contributed by atoms with Gasteiger partial charge in [-0.05, 0) is 44.8 Å². The van der Waals surface area contributed by atoms with Crippen LogP contribution in [0.25, 0.3) is 0 Å². The number of halogens is 1. The summed E-state index contributed by atoms with van der Waals surface area (Å²) in [6.07, 6.45) is 5.86. The number of aromatic nitrogens is 1. The van der Waals surface area contributed by atoms with Crippen molar-refractivity contribution in [1.82, 2.24) is 9.88 Å². The number of rotatable bonds is 5. The van der Waals surface area contributed by atoms with Crippen LogP contribution in [0.5, 0.6) is 0 Å². The Morgan fingerprint density at radius 2 is 2.00 bits per heavy atom. The summed E-state index contributed by atoms with van der Waals surface area (Å²) in [6, 6.07) is 1.59. The lowest BCUT2D eigenvalue weighted by Crippen LogP contribution is -2.51. The summed E-state index contributed by atoms with van der Waals surface area (Å²) in [6.45, 7) is 6.13. The van der Waals surface area contributed by atoms with Gasteiger partial charge in [0.2, 0.25) is 0 Å².